The number of halogens is 1. The van der Waals surface area contributed by atoms with Crippen LogP contribution in [0, 0.1) is 6.92 Å². The van der Waals surface area contributed by atoms with E-state index in [1.54, 1.807) is 0 Å². The highest BCUT2D eigenvalue weighted by Crippen LogP contribution is 2.20. The second-order valence-corrected chi connectivity index (χ2v) is 9.71. The highest BCUT2D eigenvalue weighted by Gasteiger charge is 2.27. The molecule has 0 aromatic heterocycles. The van der Waals surface area contributed by atoms with Crippen molar-refractivity contribution in [2.45, 2.75) is 44.7 Å². The number of nitrogens with zero attached hydrogens (tertiary/aromatic N) is 1. The summed E-state index contributed by atoms with van der Waals surface area (Å²) in [6.45, 7) is 6.61. The van der Waals surface area contributed by atoms with Crippen LogP contribution in [0.4, 0.5) is 0 Å². The molecule has 0 fully saturated rings. The number of hydrogen-bond acceptors (Lipinski definition) is 4. The minimum atomic E-state index is -3.88. The third-order valence-electron chi connectivity index (χ3n) is 4.31. The summed E-state index contributed by atoms with van der Waals surface area (Å²) in [5, 5.41) is 3.22. The first-order chi connectivity index (χ1) is 14.2. The summed E-state index contributed by atoms with van der Waals surface area (Å²) < 4.78 is 33.0. The SMILES string of the molecule is Cc1cccc(CN(CC(=O)NCCCOC(C)C)S(=O)(=O)c2ccc(Cl)cc2)c1. The third kappa shape index (κ3) is 7.72. The van der Waals surface area contributed by atoms with Gasteiger partial charge >= 0.3 is 0 Å². The Labute approximate surface area is 184 Å². The molecular formula is C22H29ClN2O4S. The molecule has 1 N–H and O–H groups in total. The summed E-state index contributed by atoms with van der Waals surface area (Å²) in [4.78, 5) is 12.6. The van der Waals surface area contributed by atoms with Gasteiger partial charge in [-0.3, -0.25) is 4.79 Å². The number of nitrogens with one attached hydrogen (secondary N) is 1. The van der Waals surface area contributed by atoms with Crippen molar-refractivity contribution in [2.75, 3.05) is 19.7 Å². The molecule has 2 aromatic carbocycles. The van der Waals surface area contributed by atoms with Gasteiger partial charge in [-0.2, -0.15) is 4.31 Å². The topological polar surface area (TPSA) is 75.7 Å². The van der Waals surface area contributed by atoms with Crippen molar-refractivity contribution >= 4 is 27.5 Å². The number of benzene rings is 2. The van der Waals surface area contributed by atoms with E-state index < -0.39 is 10.0 Å². The third-order valence-corrected chi connectivity index (χ3v) is 6.37. The summed E-state index contributed by atoms with van der Waals surface area (Å²) >= 11 is 5.89. The average molecular weight is 453 g/mol. The van der Waals surface area contributed by atoms with E-state index >= 15 is 0 Å². The maximum absolute atomic E-state index is 13.2. The molecule has 0 saturated heterocycles. The quantitative estimate of drug-likeness (QED) is 0.526. The van der Waals surface area contributed by atoms with Crippen molar-refractivity contribution in [2.24, 2.45) is 0 Å². The lowest BCUT2D eigenvalue weighted by Crippen LogP contribution is -2.40. The van der Waals surface area contributed by atoms with Crippen LogP contribution in [-0.2, 0) is 26.1 Å². The number of hydrogen-bond donors (Lipinski definition) is 1. The van der Waals surface area contributed by atoms with Gasteiger partial charge in [0.15, 0.2) is 0 Å². The van der Waals surface area contributed by atoms with Crippen LogP contribution in [0.2, 0.25) is 5.02 Å². The van der Waals surface area contributed by atoms with E-state index in [0.717, 1.165) is 11.1 Å². The van der Waals surface area contributed by atoms with E-state index in [-0.39, 0.29) is 30.0 Å². The van der Waals surface area contributed by atoms with Crippen LogP contribution in [0.5, 0.6) is 0 Å². The fourth-order valence-electron chi connectivity index (χ4n) is 2.83. The van der Waals surface area contributed by atoms with Crippen molar-refractivity contribution in [1.82, 2.24) is 9.62 Å². The predicted molar refractivity (Wildman–Crippen MR) is 119 cm³/mol. The molecule has 0 radical (unpaired) electrons. The second kappa shape index (κ2) is 11.5. The molecule has 30 heavy (non-hydrogen) atoms. The molecule has 0 heterocycles. The van der Waals surface area contributed by atoms with Crippen molar-refractivity contribution in [3.8, 4) is 0 Å². The molecule has 0 aliphatic carbocycles. The Morgan fingerprint density at radius 3 is 2.50 bits per heavy atom. The van der Waals surface area contributed by atoms with E-state index in [0.29, 0.717) is 24.6 Å². The van der Waals surface area contributed by atoms with E-state index in [2.05, 4.69) is 5.32 Å². The molecule has 0 saturated carbocycles. The van der Waals surface area contributed by atoms with Gasteiger partial charge in [0.1, 0.15) is 0 Å². The van der Waals surface area contributed by atoms with Gasteiger partial charge in [0.25, 0.3) is 0 Å². The molecule has 164 valence electrons. The molecule has 0 aliphatic heterocycles. The smallest absolute Gasteiger partial charge is 0.243 e. The summed E-state index contributed by atoms with van der Waals surface area (Å²) in [6, 6.07) is 13.5. The van der Waals surface area contributed by atoms with Crippen LogP contribution in [0.25, 0.3) is 0 Å². The number of rotatable bonds is 11. The molecule has 0 atom stereocenters. The Morgan fingerprint density at radius 2 is 1.87 bits per heavy atom. The number of ether oxygens (including phenoxy) is 1. The molecule has 0 aliphatic rings. The number of amides is 1. The maximum Gasteiger partial charge on any atom is 0.243 e. The van der Waals surface area contributed by atoms with Gasteiger partial charge in [0.05, 0.1) is 17.5 Å². The molecule has 6 nitrogen and oxygen atoms in total. The van der Waals surface area contributed by atoms with Crippen LogP contribution in [-0.4, -0.2) is 44.4 Å². The van der Waals surface area contributed by atoms with Crippen molar-refractivity contribution in [3.63, 3.8) is 0 Å². The summed E-state index contributed by atoms with van der Waals surface area (Å²) in [5.74, 6) is -0.357. The lowest BCUT2D eigenvalue weighted by atomic mass is 10.1. The molecule has 2 rings (SSSR count). The largest absolute Gasteiger partial charge is 0.379 e. The van der Waals surface area contributed by atoms with Gasteiger partial charge in [0, 0.05) is 24.7 Å². The first-order valence-electron chi connectivity index (χ1n) is 9.88. The molecule has 0 unspecified atom stereocenters. The highest BCUT2D eigenvalue weighted by molar-refractivity contribution is 7.89. The van der Waals surface area contributed by atoms with E-state index in [1.807, 2.05) is 45.0 Å². The summed E-state index contributed by atoms with van der Waals surface area (Å²) in [5.41, 5.74) is 1.83. The minimum Gasteiger partial charge on any atom is -0.379 e. The molecule has 8 heteroatoms. The normalized spacial score (nSPS) is 11.8. The van der Waals surface area contributed by atoms with Gasteiger partial charge < -0.3 is 10.1 Å². The zero-order valence-corrected chi connectivity index (χ0v) is 19.2. The zero-order valence-electron chi connectivity index (χ0n) is 17.6. The molecule has 0 bridgehead atoms. The lowest BCUT2D eigenvalue weighted by Gasteiger charge is -2.22. The summed E-state index contributed by atoms with van der Waals surface area (Å²) in [7, 11) is -3.88. The van der Waals surface area contributed by atoms with Gasteiger partial charge in [-0.25, -0.2) is 8.42 Å². The van der Waals surface area contributed by atoms with Gasteiger partial charge in [-0.05, 0) is 57.0 Å². The van der Waals surface area contributed by atoms with E-state index in [9.17, 15) is 13.2 Å². The fourth-order valence-corrected chi connectivity index (χ4v) is 4.34. The highest BCUT2D eigenvalue weighted by atomic mass is 35.5. The Bertz CT molecular complexity index is 930. The average Bonchev–Trinajstić information content (AvgIpc) is 2.67. The van der Waals surface area contributed by atoms with Crippen molar-refractivity contribution in [3.05, 3.63) is 64.7 Å². The van der Waals surface area contributed by atoms with Gasteiger partial charge in [-0.15, -0.1) is 0 Å². The van der Waals surface area contributed by atoms with Crippen molar-refractivity contribution in [1.29, 1.82) is 0 Å². The Hall–Kier alpha value is -1.93. The van der Waals surface area contributed by atoms with Gasteiger partial charge in [0.2, 0.25) is 15.9 Å². The van der Waals surface area contributed by atoms with Crippen LogP contribution in [0.15, 0.2) is 53.4 Å². The van der Waals surface area contributed by atoms with E-state index in [1.165, 1.54) is 28.6 Å². The van der Waals surface area contributed by atoms with Gasteiger partial charge in [-0.1, -0.05) is 41.4 Å². The molecule has 0 spiro atoms. The van der Waals surface area contributed by atoms with Crippen LogP contribution >= 0.6 is 11.6 Å². The monoisotopic (exact) mass is 452 g/mol. The minimum absolute atomic E-state index is 0.0938. The van der Waals surface area contributed by atoms with E-state index in [4.69, 9.17) is 16.3 Å². The number of carbonyl (C=O) groups is 1. The Balaban J connectivity index is 2.13. The first-order valence-corrected chi connectivity index (χ1v) is 11.7. The zero-order chi connectivity index (χ0) is 22.1. The summed E-state index contributed by atoms with van der Waals surface area (Å²) in [6.07, 6.45) is 0.793. The van der Waals surface area contributed by atoms with Crippen LogP contribution < -0.4 is 5.32 Å². The lowest BCUT2D eigenvalue weighted by molar-refractivity contribution is -0.121. The van der Waals surface area contributed by atoms with Crippen LogP contribution in [0.1, 0.15) is 31.4 Å². The second-order valence-electron chi connectivity index (χ2n) is 7.34. The standard InChI is InChI=1S/C22H29ClN2O4S/c1-17(2)29-13-5-12-24-22(26)16-25(15-19-7-4-6-18(3)14-19)30(27,28)21-10-8-20(23)9-11-21/h4,6-11,14,17H,5,12-13,15-16H2,1-3H3,(H,24,26). The maximum atomic E-state index is 13.2. The van der Waals surface area contributed by atoms with Crippen molar-refractivity contribution < 1.29 is 17.9 Å². The number of carbonyl (C=O) groups excluding carboxylic acids is 1. The fraction of sp³-hybridized carbons (Fsp3) is 0.409. The predicted octanol–water partition coefficient (Wildman–Crippen LogP) is 3.77. The Kier molecular flexibility index (Phi) is 9.30. The number of aryl methyl sites for hydroxylation is 1. The molecule has 1 amide bonds. The molecule has 2 aromatic rings. The molecular weight excluding hydrogens is 424 g/mol. The Morgan fingerprint density at radius 1 is 1.17 bits per heavy atom. The van der Waals surface area contributed by atoms with Crippen LogP contribution in [0.3, 0.4) is 0 Å². The first kappa shape index (κ1) is 24.3. The number of sulfonamides is 1.